The SMILES string of the molecule is Cc1ccc(NCC2(c3ccc4c(c3)OC(F)(F)O4)CC2)nc1-c1cccc(C(=O)NCCOCCOCC(=O)NCc2ccc(-c3ccc4c(=O)n(CC5(O)CCN(C(=O)C[C@@H](C)c6ccccc6)CC5)cnn34)cc2)c1. The van der Waals surface area contributed by atoms with Gasteiger partial charge in [-0.1, -0.05) is 85.8 Å². The summed E-state index contributed by atoms with van der Waals surface area (Å²) in [5.41, 5.74) is 5.99. The predicted molar refractivity (Wildman–Crippen MR) is 287 cm³/mol. The molecule has 2 fully saturated rings. The first-order valence-electron chi connectivity index (χ1n) is 26.3. The van der Waals surface area contributed by atoms with E-state index in [0.29, 0.717) is 61.5 Å². The number of nitrogens with one attached hydrogen (secondary N) is 3. The molecule has 19 heteroatoms. The van der Waals surface area contributed by atoms with E-state index < -0.39 is 11.9 Å². The summed E-state index contributed by atoms with van der Waals surface area (Å²) < 4.78 is 50.7. The number of ether oxygens (including phenoxy) is 4. The maximum Gasteiger partial charge on any atom is 0.586 e. The number of aryl methyl sites for hydroxylation is 1. The Bertz CT molecular complexity index is 3360. The Morgan fingerprint density at radius 2 is 1.58 bits per heavy atom. The van der Waals surface area contributed by atoms with E-state index in [2.05, 4.69) is 30.5 Å². The molecule has 78 heavy (non-hydrogen) atoms. The van der Waals surface area contributed by atoms with Gasteiger partial charge in [-0.25, -0.2) is 9.50 Å². The van der Waals surface area contributed by atoms with Gasteiger partial charge in [-0.3, -0.25) is 23.7 Å². The number of amides is 3. The highest BCUT2D eigenvalue weighted by Gasteiger charge is 2.48. The fourth-order valence-electron chi connectivity index (χ4n) is 10.1. The highest BCUT2D eigenvalue weighted by Crippen LogP contribution is 2.51. The monoisotopic (exact) mass is 1060 g/mol. The van der Waals surface area contributed by atoms with Gasteiger partial charge in [0.25, 0.3) is 11.5 Å². The number of alkyl halides is 2. The molecule has 10 rings (SSSR count). The molecular weight excluding hydrogens is 1000 g/mol. The molecule has 0 unspecified atom stereocenters. The molecule has 5 heterocycles. The molecule has 7 aromatic rings. The van der Waals surface area contributed by atoms with Crippen molar-refractivity contribution in [1.29, 1.82) is 0 Å². The number of carbonyl (C=O) groups is 3. The molecule has 406 valence electrons. The van der Waals surface area contributed by atoms with E-state index in [4.69, 9.17) is 14.5 Å². The van der Waals surface area contributed by atoms with Gasteiger partial charge in [0.15, 0.2) is 11.5 Å². The number of aromatic nitrogens is 4. The van der Waals surface area contributed by atoms with Crippen LogP contribution in [0, 0.1) is 6.92 Å². The van der Waals surface area contributed by atoms with Crippen LogP contribution in [-0.4, -0.2) is 111 Å². The zero-order valence-corrected chi connectivity index (χ0v) is 43.5. The van der Waals surface area contributed by atoms with Crippen LogP contribution < -0.4 is 31.0 Å². The van der Waals surface area contributed by atoms with Crippen LogP contribution in [0.4, 0.5) is 14.6 Å². The molecule has 1 saturated heterocycles. The minimum Gasteiger partial charge on any atom is -0.395 e. The van der Waals surface area contributed by atoms with Crippen LogP contribution in [0.1, 0.15) is 77.6 Å². The molecule has 1 atom stereocenters. The van der Waals surface area contributed by atoms with Crippen LogP contribution in [0.2, 0.25) is 0 Å². The van der Waals surface area contributed by atoms with Crippen LogP contribution >= 0.6 is 0 Å². The zero-order chi connectivity index (χ0) is 54.4. The van der Waals surface area contributed by atoms with Crippen molar-refractivity contribution >= 4 is 29.1 Å². The Kier molecular flexibility index (Phi) is 15.7. The molecule has 3 aromatic heterocycles. The number of halogens is 2. The quantitative estimate of drug-likeness (QED) is 0.0485. The second kappa shape index (κ2) is 22.9. The number of fused-ring (bicyclic) bond motifs is 2. The molecule has 0 radical (unpaired) electrons. The van der Waals surface area contributed by atoms with E-state index >= 15 is 0 Å². The summed E-state index contributed by atoms with van der Waals surface area (Å²) >= 11 is 0. The summed E-state index contributed by atoms with van der Waals surface area (Å²) in [7, 11) is 0. The smallest absolute Gasteiger partial charge is 0.395 e. The van der Waals surface area contributed by atoms with Gasteiger partial charge in [0, 0.05) is 61.2 Å². The molecule has 0 bridgehead atoms. The van der Waals surface area contributed by atoms with Crippen molar-refractivity contribution in [1.82, 2.24) is 34.7 Å². The third-order valence-electron chi connectivity index (χ3n) is 14.8. The first kappa shape index (κ1) is 53.4. The number of hydrogen-bond donors (Lipinski definition) is 4. The largest absolute Gasteiger partial charge is 0.586 e. The van der Waals surface area contributed by atoms with Gasteiger partial charge in [0.1, 0.15) is 24.3 Å². The number of likely N-dealkylation sites (tertiary alicyclic amines) is 1. The van der Waals surface area contributed by atoms with Crippen molar-refractivity contribution in [2.24, 2.45) is 0 Å². The summed E-state index contributed by atoms with van der Waals surface area (Å²) in [6, 6.07) is 37.1. The van der Waals surface area contributed by atoms with Gasteiger partial charge < -0.3 is 44.9 Å². The normalized spacial score (nSPS) is 16.1. The fraction of sp³-hybridized carbons (Fsp3) is 0.356. The predicted octanol–water partition coefficient (Wildman–Crippen LogP) is 7.63. The molecule has 17 nitrogen and oxygen atoms in total. The van der Waals surface area contributed by atoms with E-state index in [1.165, 1.54) is 17.0 Å². The third kappa shape index (κ3) is 12.5. The average molecular weight is 1070 g/mol. The summed E-state index contributed by atoms with van der Waals surface area (Å²) in [4.78, 5) is 59.1. The minimum atomic E-state index is -3.67. The van der Waals surface area contributed by atoms with Crippen LogP contribution in [-0.2, 0) is 37.6 Å². The fourth-order valence-corrected chi connectivity index (χ4v) is 10.1. The highest BCUT2D eigenvalue weighted by atomic mass is 19.3. The third-order valence-corrected chi connectivity index (χ3v) is 14.8. The average Bonchev–Trinajstić information content (AvgIpc) is 4.13. The number of piperidine rings is 1. The molecule has 3 aliphatic rings. The maximum absolute atomic E-state index is 13.6. The molecule has 4 aromatic carbocycles. The number of nitrogens with zero attached hydrogens (tertiary/aromatic N) is 5. The van der Waals surface area contributed by atoms with Gasteiger partial charge >= 0.3 is 6.29 Å². The number of hydrogen-bond acceptors (Lipinski definition) is 12. The van der Waals surface area contributed by atoms with Crippen LogP contribution in [0.5, 0.6) is 11.5 Å². The van der Waals surface area contributed by atoms with Gasteiger partial charge in [0.2, 0.25) is 11.8 Å². The molecule has 1 saturated carbocycles. The Morgan fingerprint density at radius 3 is 2.36 bits per heavy atom. The van der Waals surface area contributed by atoms with Gasteiger partial charge in [0.05, 0.1) is 43.4 Å². The second-order valence-electron chi connectivity index (χ2n) is 20.5. The lowest BCUT2D eigenvalue weighted by atomic mass is 9.90. The number of aliphatic hydroxyl groups is 1. The number of benzene rings is 4. The van der Waals surface area contributed by atoms with E-state index in [9.17, 15) is 33.1 Å². The molecule has 4 N–H and O–H groups in total. The van der Waals surface area contributed by atoms with Crippen molar-refractivity contribution in [2.45, 2.75) is 82.3 Å². The van der Waals surface area contributed by atoms with Crippen molar-refractivity contribution in [3.05, 3.63) is 166 Å². The molecule has 0 spiro atoms. The van der Waals surface area contributed by atoms with Gasteiger partial charge in [-0.05, 0) is 103 Å². The van der Waals surface area contributed by atoms with E-state index in [0.717, 1.165) is 51.9 Å². The van der Waals surface area contributed by atoms with Crippen molar-refractivity contribution in [3.8, 4) is 34.0 Å². The number of carbonyl (C=O) groups excluding carboxylic acids is 3. The Morgan fingerprint density at radius 1 is 0.808 bits per heavy atom. The topological polar surface area (TPSA) is 200 Å². The standard InChI is InChI=1S/C59H62F2N8O9/c1-39-11-20-51(64-36-57(21-22-57)46-16-19-49-50(33-46)78-59(60,61)77-49)66-54(39)44-9-6-10-45(32-44)55(72)62-25-28-75-29-30-76-35-52(70)63-34-41-12-14-43(15-13-41)47-17-18-48-56(73)68(38-65-69(47)48)37-58(74)23-26-67(27-24-58)53(71)31-40(2)42-7-4-3-5-8-42/h3-20,32-33,38,40,74H,21-31,34-37H2,1-2H3,(H,62,72)(H,63,70)(H,64,66)/t40-/m1/s1. The van der Waals surface area contributed by atoms with Gasteiger partial charge in [-0.2, -0.15) is 5.10 Å². The Balaban J connectivity index is 0.610. The number of anilines is 1. The summed E-state index contributed by atoms with van der Waals surface area (Å²) in [6.45, 7) is 6.47. The highest BCUT2D eigenvalue weighted by molar-refractivity contribution is 5.95. The maximum atomic E-state index is 13.6. The lowest BCUT2D eigenvalue weighted by Gasteiger charge is -2.38. The lowest BCUT2D eigenvalue weighted by molar-refractivity contribution is -0.286. The van der Waals surface area contributed by atoms with E-state index in [-0.39, 0.29) is 92.2 Å². The van der Waals surface area contributed by atoms with Crippen LogP contribution in [0.3, 0.4) is 0 Å². The summed E-state index contributed by atoms with van der Waals surface area (Å²) in [6.07, 6.45) is 0.650. The molecule has 1 aliphatic carbocycles. The van der Waals surface area contributed by atoms with Crippen molar-refractivity contribution in [2.75, 3.05) is 57.9 Å². The first-order valence-corrected chi connectivity index (χ1v) is 26.3. The van der Waals surface area contributed by atoms with Crippen LogP contribution in [0.25, 0.3) is 28.0 Å². The summed E-state index contributed by atoms with van der Waals surface area (Å²) in [5, 5.41) is 25.2. The Labute approximate surface area is 449 Å². The molecule has 3 amide bonds. The van der Waals surface area contributed by atoms with Crippen molar-refractivity contribution < 1.29 is 47.2 Å². The molecule has 2 aliphatic heterocycles. The van der Waals surface area contributed by atoms with Crippen LogP contribution in [0.15, 0.2) is 132 Å². The van der Waals surface area contributed by atoms with E-state index in [1.54, 1.807) is 45.8 Å². The minimum absolute atomic E-state index is 0.0200. The van der Waals surface area contributed by atoms with E-state index in [1.807, 2.05) is 92.7 Å². The molecular formula is C59H62F2N8O9. The number of pyridine rings is 1. The number of rotatable bonds is 22. The second-order valence-corrected chi connectivity index (χ2v) is 20.5. The first-order chi connectivity index (χ1) is 37.6. The Hall–Kier alpha value is -8.00. The lowest BCUT2D eigenvalue weighted by Crippen LogP contribution is -2.49. The van der Waals surface area contributed by atoms with Crippen molar-refractivity contribution in [3.63, 3.8) is 0 Å². The zero-order valence-electron chi connectivity index (χ0n) is 43.5. The van der Waals surface area contributed by atoms with Gasteiger partial charge in [-0.15, -0.1) is 8.78 Å². The summed E-state index contributed by atoms with van der Waals surface area (Å²) in [5.74, 6) is 0.287.